The molecule has 1 saturated heterocycles. The number of amides is 1. The van der Waals surface area contributed by atoms with Crippen molar-refractivity contribution in [3.63, 3.8) is 0 Å². The van der Waals surface area contributed by atoms with E-state index >= 15 is 0 Å². The van der Waals surface area contributed by atoms with Crippen LogP contribution in [0, 0.1) is 5.82 Å². The third kappa shape index (κ3) is 3.93. The molecule has 0 radical (unpaired) electrons. The lowest BCUT2D eigenvalue weighted by atomic mass is 9.94. The number of methoxy groups -OCH3 is 1. The van der Waals surface area contributed by atoms with Crippen LogP contribution in [0.5, 0.6) is 0 Å². The Balaban J connectivity index is 1.44. The second kappa shape index (κ2) is 8.33. The monoisotopic (exact) mass is 484 g/mol. The van der Waals surface area contributed by atoms with Gasteiger partial charge in [0.05, 0.1) is 24.5 Å². The first-order valence-corrected chi connectivity index (χ1v) is 11.9. The molecule has 2 unspecified atom stereocenters. The SMILES string of the molecule is COC(=O)C1CC(O)CN1Cc1cc(C2=CC(=C3C(=O)Nc4cc(F)ccc43)OC2(C)C)cs1. The molecule has 1 aromatic carbocycles. The van der Waals surface area contributed by atoms with Gasteiger partial charge in [0.15, 0.2) is 0 Å². The average Bonchev–Trinajstić information content (AvgIpc) is 3.52. The first-order valence-electron chi connectivity index (χ1n) is 11.0. The molecule has 1 amide bonds. The second-order valence-corrected chi connectivity index (χ2v) is 10.2. The minimum atomic E-state index is -0.678. The van der Waals surface area contributed by atoms with Crippen molar-refractivity contribution in [3.05, 3.63) is 63.3 Å². The predicted molar refractivity (Wildman–Crippen MR) is 126 cm³/mol. The molecular weight excluding hydrogens is 459 g/mol. The first-order chi connectivity index (χ1) is 16.2. The zero-order chi connectivity index (χ0) is 24.2. The molecule has 178 valence electrons. The number of esters is 1. The van der Waals surface area contributed by atoms with Crippen molar-refractivity contribution in [2.45, 2.75) is 44.6 Å². The largest absolute Gasteiger partial charge is 0.482 e. The Morgan fingerprint density at radius 1 is 1.38 bits per heavy atom. The van der Waals surface area contributed by atoms with Crippen LogP contribution in [0.2, 0.25) is 0 Å². The smallest absolute Gasteiger partial charge is 0.323 e. The Morgan fingerprint density at radius 3 is 2.94 bits per heavy atom. The summed E-state index contributed by atoms with van der Waals surface area (Å²) in [4.78, 5) is 27.7. The molecule has 0 saturated carbocycles. The van der Waals surface area contributed by atoms with Gasteiger partial charge in [-0.1, -0.05) is 0 Å². The molecule has 0 aliphatic carbocycles. The van der Waals surface area contributed by atoms with E-state index in [-0.39, 0.29) is 11.9 Å². The summed E-state index contributed by atoms with van der Waals surface area (Å²) in [6.45, 7) is 4.81. The van der Waals surface area contributed by atoms with Crippen LogP contribution in [0.4, 0.5) is 10.1 Å². The van der Waals surface area contributed by atoms with E-state index in [4.69, 9.17) is 9.47 Å². The predicted octanol–water partition coefficient (Wildman–Crippen LogP) is 3.55. The number of rotatable bonds is 4. The summed E-state index contributed by atoms with van der Waals surface area (Å²) in [5, 5.41) is 14.8. The number of carbonyl (C=O) groups excluding carboxylic acids is 2. The Hall–Kier alpha value is -3.01. The molecule has 34 heavy (non-hydrogen) atoms. The van der Waals surface area contributed by atoms with Gasteiger partial charge in [0.25, 0.3) is 5.91 Å². The highest BCUT2D eigenvalue weighted by Gasteiger charge is 2.39. The lowest BCUT2D eigenvalue weighted by Crippen LogP contribution is -2.36. The van der Waals surface area contributed by atoms with Gasteiger partial charge < -0.3 is 19.9 Å². The summed E-state index contributed by atoms with van der Waals surface area (Å²) >= 11 is 1.56. The van der Waals surface area contributed by atoms with Gasteiger partial charge in [-0.25, -0.2) is 4.39 Å². The number of likely N-dealkylation sites (tertiary alicyclic amines) is 1. The van der Waals surface area contributed by atoms with Gasteiger partial charge >= 0.3 is 5.97 Å². The van der Waals surface area contributed by atoms with E-state index < -0.39 is 23.6 Å². The summed E-state index contributed by atoms with van der Waals surface area (Å²) in [5.41, 5.74) is 2.64. The summed E-state index contributed by atoms with van der Waals surface area (Å²) in [6.07, 6.45) is 1.67. The molecule has 0 spiro atoms. The number of allylic oxidation sites excluding steroid dienone is 1. The van der Waals surface area contributed by atoms with E-state index in [2.05, 4.69) is 5.32 Å². The maximum atomic E-state index is 13.6. The van der Waals surface area contributed by atoms with Crippen molar-refractivity contribution in [1.82, 2.24) is 4.90 Å². The van der Waals surface area contributed by atoms with Crippen molar-refractivity contribution in [2.75, 3.05) is 19.0 Å². The molecule has 1 aromatic heterocycles. The number of fused-ring (bicyclic) bond motifs is 1. The number of hydrogen-bond donors (Lipinski definition) is 2. The van der Waals surface area contributed by atoms with Crippen molar-refractivity contribution in [2.24, 2.45) is 0 Å². The van der Waals surface area contributed by atoms with Crippen molar-refractivity contribution >= 4 is 40.0 Å². The number of aliphatic hydroxyl groups excluding tert-OH is 1. The molecular formula is C25H25FN2O5S. The lowest BCUT2D eigenvalue weighted by Gasteiger charge is -2.23. The minimum Gasteiger partial charge on any atom is -0.482 e. The number of carbonyl (C=O) groups is 2. The number of ether oxygens (including phenoxy) is 2. The zero-order valence-electron chi connectivity index (χ0n) is 19.1. The quantitative estimate of drug-likeness (QED) is 0.510. The van der Waals surface area contributed by atoms with Crippen LogP contribution in [0.3, 0.4) is 0 Å². The van der Waals surface area contributed by atoms with Crippen LogP contribution < -0.4 is 5.32 Å². The fourth-order valence-corrected chi connectivity index (χ4v) is 5.76. The number of hydrogen-bond acceptors (Lipinski definition) is 7. The van der Waals surface area contributed by atoms with E-state index in [1.165, 1.54) is 19.2 Å². The highest BCUT2D eigenvalue weighted by atomic mass is 32.1. The molecule has 4 heterocycles. The molecule has 2 atom stereocenters. The van der Waals surface area contributed by atoms with E-state index in [1.54, 1.807) is 17.4 Å². The Kier molecular flexibility index (Phi) is 5.58. The molecule has 3 aliphatic heterocycles. The number of halogens is 1. The first kappa shape index (κ1) is 22.8. The molecule has 1 fully saturated rings. The normalized spacial score (nSPS) is 25.7. The lowest BCUT2D eigenvalue weighted by molar-refractivity contribution is -0.146. The van der Waals surface area contributed by atoms with Crippen molar-refractivity contribution < 1.29 is 28.6 Å². The summed E-state index contributed by atoms with van der Waals surface area (Å²) in [6, 6.07) is 5.79. The van der Waals surface area contributed by atoms with E-state index in [0.717, 1.165) is 16.0 Å². The maximum Gasteiger partial charge on any atom is 0.323 e. The summed E-state index contributed by atoms with van der Waals surface area (Å²) in [7, 11) is 1.36. The van der Waals surface area contributed by atoms with Crippen molar-refractivity contribution in [1.29, 1.82) is 0 Å². The number of β-amino-alcohol motifs (C(OH)–C–C–N with tert-alkyl or cyclic N) is 1. The third-order valence-corrected chi connectivity index (χ3v) is 7.36. The van der Waals surface area contributed by atoms with Crippen LogP contribution in [0.1, 0.15) is 36.3 Å². The van der Waals surface area contributed by atoms with Gasteiger partial charge in [-0.15, -0.1) is 11.3 Å². The van der Waals surface area contributed by atoms with Gasteiger partial charge in [0, 0.05) is 35.5 Å². The van der Waals surface area contributed by atoms with Gasteiger partial charge in [0.2, 0.25) is 0 Å². The van der Waals surface area contributed by atoms with Gasteiger partial charge in [-0.3, -0.25) is 14.5 Å². The molecule has 3 aliphatic rings. The highest BCUT2D eigenvalue weighted by molar-refractivity contribution is 7.10. The zero-order valence-corrected chi connectivity index (χ0v) is 19.9. The van der Waals surface area contributed by atoms with Gasteiger partial charge in [-0.2, -0.15) is 0 Å². The van der Waals surface area contributed by atoms with E-state index in [0.29, 0.717) is 42.1 Å². The van der Waals surface area contributed by atoms with Crippen LogP contribution >= 0.6 is 11.3 Å². The second-order valence-electron chi connectivity index (χ2n) is 9.21. The average molecular weight is 485 g/mol. The van der Waals surface area contributed by atoms with Crippen LogP contribution in [-0.2, 0) is 25.6 Å². The number of nitrogens with one attached hydrogen (secondary N) is 1. The van der Waals surface area contributed by atoms with E-state index in [1.807, 2.05) is 36.3 Å². The van der Waals surface area contributed by atoms with Gasteiger partial charge in [-0.05, 0) is 55.1 Å². The fraction of sp³-hybridized carbons (Fsp3) is 0.360. The maximum absolute atomic E-state index is 13.6. The number of nitrogens with zero attached hydrogens (tertiary/aromatic N) is 1. The summed E-state index contributed by atoms with van der Waals surface area (Å²) < 4.78 is 24.7. The Labute approximate surface area is 200 Å². The van der Waals surface area contributed by atoms with Crippen molar-refractivity contribution in [3.8, 4) is 0 Å². The minimum absolute atomic E-state index is 0.323. The molecule has 2 N–H and O–H groups in total. The molecule has 0 bridgehead atoms. The number of thiophene rings is 1. The number of anilines is 1. The Morgan fingerprint density at radius 2 is 2.18 bits per heavy atom. The van der Waals surface area contributed by atoms with Gasteiger partial charge in [0.1, 0.15) is 23.2 Å². The third-order valence-electron chi connectivity index (χ3n) is 6.44. The fourth-order valence-electron chi connectivity index (χ4n) is 4.85. The number of aliphatic hydroxyl groups is 1. The molecule has 2 aromatic rings. The van der Waals surface area contributed by atoms with Crippen LogP contribution in [0.15, 0.2) is 41.5 Å². The molecule has 9 heteroatoms. The molecule has 7 nitrogen and oxygen atoms in total. The highest BCUT2D eigenvalue weighted by Crippen LogP contribution is 2.45. The Bertz CT molecular complexity index is 1250. The van der Waals surface area contributed by atoms with Crippen LogP contribution in [0.25, 0.3) is 11.1 Å². The topological polar surface area (TPSA) is 88.1 Å². The molecule has 5 rings (SSSR count). The summed E-state index contributed by atoms with van der Waals surface area (Å²) in [5.74, 6) is -0.632. The number of benzene rings is 1. The standard InChI is InChI=1S/C25H25FN2O5S/c1-25(2)18(9-21(33-25)22-17-5-4-14(26)7-19(17)27-23(22)30)13-6-16(34-12-13)11-28-10-15(29)8-20(28)24(31)32-3/h4-7,9,12,15,20,29H,8,10-11H2,1-3H3,(H,27,30). The van der Waals surface area contributed by atoms with Crippen LogP contribution in [-0.4, -0.2) is 53.3 Å². The van der Waals surface area contributed by atoms with E-state index in [9.17, 15) is 19.1 Å².